The predicted molar refractivity (Wildman–Crippen MR) is 45.8 cm³/mol. The summed E-state index contributed by atoms with van der Waals surface area (Å²) >= 11 is 0. The van der Waals surface area contributed by atoms with E-state index >= 15 is 0 Å². The van der Waals surface area contributed by atoms with Crippen LogP contribution in [0.1, 0.15) is 12.0 Å². The second kappa shape index (κ2) is 2.06. The van der Waals surface area contributed by atoms with Gasteiger partial charge in [0.1, 0.15) is 0 Å². The van der Waals surface area contributed by atoms with E-state index in [9.17, 15) is 0 Å². The zero-order valence-electron chi connectivity index (χ0n) is 6.70. The average Bonchev–Trinajstić information content (AvgIpc) is 2.52. The lowest BCUT2D eigenvalue weighted by Crippen LogP contribution is -2.06. The molecule has 0 saturated heterocycles. The lowest BCUT2D eigenvalue weighted by molar-refractivity contribution is 0.631. The Kier molecular flexibility index (Phi) is 1.06. The molecule has 0 atom stereocenters. The number of rotatable bonds is 0. The van der Waals surface area contributed by atoms with Crippen LogP contribution >= 0.6 is 0 Å². The molecule has 0 aromatic carbocycles. The third kappa shape index (κ3) is 0.656. The van der Waals surface area contributed by atoms with E-state index in [2.05, 4.69) is 20.6 Å². The van der Waals surface area contributed by atoms with Gasteiger partial charge in [-0.2, -0.15) is 0 Å². The van der Waals surface area contributed by atoms with Gasteiger partial charge in [-0.1, -0.05) is 0 Å². The maximum absolute atomic E-state index is 4.24. The van der Waals surface area contributed by atoms with Crippen molar-refractivity contribution < 1.29 is 0 Å². The smallest absolute Gasteiger partial charge is 0.177 e. The van der Waals surface area contributed by atoms with Gasteiger partial charge in [-0.05, 0) is 24.5 Å². The van der Waals surface area contributed by atoms with E-state index in [1.54, 1.807) is 0 Å². The molecule has 3 nitrogen and oxygen atoms in total. The van der Waals surface area contributed by atoms with Gasteiger partial charge in [0.25, 0.3) is 0 Å². The zero-order valence-corrected chi connectivity index (χ0v) is 6.70. The average molecular weight is 159 g/mol. The van der Waals surface area contributed by atoms with Crippen LogP contribution in [0, 0.1) is 0 Å². The molecule has 0 amide bonds. The number of nitrogens with zero attached hydrogens (tertiary/aromatic N) is 3. The minimum Gasteiger partial charge on any atom is -0.329 e. The fourth-order valence-corrected chi connectivity index (χ4v) is 1.88. The molecule has 0 N–H and O–H groups in total. The summed E-state index contributed by atoms with van der Waals surface area (Å²) in [6.45, 7) is 1.09. The van der Waals surface area contributed by atoms with Crippen LogP contribution < -0.4 is 0 Å². The topological polar surface area (TPSA) is 30.7 Å². The highest BCUT2D eigenvalue weighted by molar-refractivity contribution is 5.75. The minimum absolute atomic E-state index is 0.896. The fraction of sp³-hybridized carbons (Fsp3) is 0.333. The van der Waals surface area contributed by atoms with Crippen molar-refractivity contribution in [3.63, 3.8) is 0 Å². The second-order valence-corrected chi connectivity index (χ2v) is 3.18. The molecular formula is C9H9N3. The molecule has 3 rings (SSSR count). The lowest BCUT2D eigenvalue weighted by Gasteiger charge is -2.12. The molecule has 0 radical (unpaired) electrons. The molecule has 0 fully saturated rings. The van der Waals surface area contributed by atoms with Crippen LogP contribution in [0.5, 0.6) is 0 Å². The van der Waals surface area contributed by atoms with Crippen LogP contribution in [0.25, 0.3) is 11.2 Å². The van der Waals surface area contributed by atoms with Crippen molar-refractivity contribution in [3.8, 4) is 0 Å². The van der Waals surface area contributed by atoms with Crippen LogP contribution in [0.15, 0.2) is 18.6 Å². The van der Waals surface area contributed by atoms with Gasteiger partial charge in [0, 0.05) is 12.7 Å². The molecule has 1 aliphatic heterocycles. The normalized spacial score (nSPS) is 15.3. The van der Waals surface area contributed by atoms with Crippen LogP contribution in [0.2, 0.25) is 0 Å². The van der Waals surface area contributed by atoms with E-state index in [4.69, 9.17) is 0 Å². The molecular weight excluding hydrogens is 150 g/mol. The number of imidazole rings is 1. The molecule has 0 saturated carbocycles. The van der Waals surface area contributed by atoms with Gasteiger partial charge in [-0.15, -0.1) is 0 Å². The Hall–Kier alpha value is -1.38. The summed E-state index contributed by atoms with van der Waals surface area (Å²) in [4.78, 5) is 8.45. The SMILES string of the molecule is c1cc2c3c(n1)ncn3CCC2. The van der Waals surface area contributed by atoms with E-state index in [0.29, 0.717) is 0 Å². The Balaban J connectivity index is 2.50. The van der Waals surface area contributed by atoms with Gasteiger partial charge >= 0.3 is 0 Å². The van der Waals surface area contributed by atoms with Crippen LogP contribution in [-0.4, -0.2) is 14.5 Å². The third-order valence-corrected chi connectivity index (χ3v) is 2.44. The summed E-state index contributed by atoms with van der Waals surface area (Å²) in [5.41, 5.74) is 3.53. The Morgan fingerprint density at radius 3 is 3.33 bits per heavy atom. The summed E-state index contributed by atoms with van der Waals surface area (Å²) in [6.07, 6.45) is 6.13. The lowest BCUT2D eigenvalue weighted by atomic mass is 10.1. The highest BCUT2D eigenvalue weighted by atomic mass is 15.1. The van der Waals surface area contributed by atoms with Gasteiger partial charge in [-0.25, -0.2) is 9.97 Å². The molecule has 60 valence electrons. The summed E-state index contributed by atoms with van der Waals surface area (Å²) < 4.78 is 2.20. The van der Waals surface area contributed by atoms with Crippen LogP contribution in [0.3, 0.4) is 0 Å². The number of aromatic nitrogens is 3. The fourth-order valence-electron chi connectivity index (χ4n) is 1.88. The van der Waals surface area contributed by atoms with E-state index < -0.39 is 0 Å². The molecule has 1 aliphatic rings. The number of hydrogen-bond donors (Lipinski definition) is 0. The highest BCUT2D eigenvalue weighted by Gasteiger charge is 2.12. The quantitative estimate of drug-likeness (QED) is 0.581. The largest absolute Gasteiger partial charge is 0.329 e. The van der Waals surface area contributed by atoms with Crippen molar-refractivity contribution in [1.29, 1.82) is 0 Å². The van der Waals surface area contributed by atoms with E-state index in [0.717, 1.165) is 12.2 Å². The number of hydrogen-bond acceptors (Lipinski definition) is 2. The zero-order chi connectivity index (χ0) is 7.97. The molecule has 2 aromatic rings. The van der Waals surface area contributed by atoms with Gasteiger partial charge in [0.15, 0.2) is 5.65 Å². The number of pyridine rings is 1. The van der Waals surface area contributed by atoms with Crippen LogP contribution in [0.4, 0.5) is 0 Å². The monoisotopic (exact) mass is 159 g/mol. The van der Waals surface area contributed by atoms with Gasteiger partial charge in [0.05, 0.1) is 11.8 Å². The second-order valence-electron chi connectivity index (χ2n) is 3.18. The maximum atomic E-state index is 4.24. The molecule has 3 heterocycles. The Labute approximate surface area is 70.1 Å². The van der Waals surface area contributed by atoms with Crippen LogP contribution in [-0.2, 0) is 13.0 Å². The standard InChI is InChI=1S/C9H9N3/c1-2-7-3-4-10-9-8(7)12(5-1)6-11-9/h3-4,6H,1-2,5H2. The summed E-state index contributed by atoms with van der Waals surface area (Å²) in [7, 11) is 0. The maximum Gasteiger partial charge on any atom is 0.177 e. The molecule has 0 spiro atoms. The van der Waals surface area contributed by atoms with Gasteiger partial charge in [-0.3, -0.25) is 0 Å². The Morgan fingerprint density at radius 1 is 1.33 bits per heavy atom. The first kappa shape index (κ1) is 6.17. The number of aryl methyl sites for hydroxylation is 2. The van der Waals surface area contributed by atoms with Crippen molar-refractivity contribution in [2.45, 2.75) is 19.4 Å². The van der Waals surface area contributed by atoms with Gasteiger partial charge in [0.2, 0.25) is 0 Å². The molecule has 0 bridgehead atoms. The van der Waals surface area contributed by atoms with Crippen molar-refractivity contribution in [3.05, 3.63) is 24.2 Å². The van der Waals surface area contributed by atoms with Crippen molar-refractivity contribution in [2.24, 2.45) is 0 Å². The minimum atomic E-state index is 0.896. The molecule has 2 aromatic heterocycles. The van der Waals surface area contributed by atoms with Crippen molar-refractivity contribution in [1.82, 2.24) is 14.5 Å². The molecule has 0 aliphatic carbocycles. The molecule has 12 heavy (non-hydrogen) atoms. The summed E-state index contributed by atoms with van der Waals surface area (Å²) in [6, 6.07) is 2.10. The first-order valence-electron chi connectivity index (χ1n) is 4.24. The van der Waals surface area contributed by atoms with E-state index in [-0.39, 0.29) is 0 Å². The van der Waals surface area contributed by atoms with Crippen molar-refractivity contribution in [2.75, 3.05) is 0 Å². The summed E-state index contributed by atoms with van der Waals surface area (Å²) in [5.74, 6) is 0. The molecule has 3 heteroatoms. The highest BCUT2D eigenvalue weighted by Crippen LogP contribution is 2.21. The first-order chi connectivity index (χ1) is 5.95. The Bertz CT molecular complexity index is 430. The van der Waals surface area contributed by atoms with Crippen molar-refractivity contribution >= 4 is 11.2 Å². The first-order valence-corrected chi connectivity index (χ1v) is 4.24. The van der Waals surface area contributed by atoms with E-state index in [1.165, 1.54) is 23.9 Å². The van der Waals surface area contributed by atoms with Gasteiger partial charge < -0.3 is 4.57 Å². The van der Waals surface area contributed by atoms with E-state index in [1.807, 2.05) is 12.5 Å². The summed E-state index contributed by atoms with van der Waals surface area (Å²) in [5, 5.41) is 0. The Morgan fingerprint density at radius 2 is 2.33 bits per heavy atom. The predicted octanol–water partition coefficient (Wildman–Crippen LogP) is 1.38. The third-order valence-electron chi connectivity index (χ3n) is 2.44. The molecule has 0 unspecified atom stereocenters.